The molecule has 0 atom stereocenters. The number of nitrogens with zero attached hydrogens (tertiary/aromatic N) is 1. The van der Waals surface area contributed by atoms with Crippen LogP contribution in [0.4, 0.5) is 0 Å². The number of hydrogen-bond acceptors (Lipinski definition) is 4. The summed E-state index contributed by atoms with van der Waals surface area (Å²) >= 11 is 0. The molecule has 0 amide bonds. The lowest BCUT2D eigenvalue weighted by Gasteiger charge is -2.11. The van der Waals surface area contributed by atoms with E-state index < -0.39 is 20.0 Å². The molecule has 0 spiro atoms. The third-order valence-electron chi connectivity index (χ3n) is 1.93. The van der Waals surface area contributed by atoms with Crippen molar-refractivity contribution in [1.82, 2.24) is 4.31 Å². The maximum absolute atomic E-state index is 11.6. The van der Waals surface area contributed by atoms with Gasteiger partial charge in [0.25, 0.3) is 0 Å². The van der Waals surface area contributed by atoms with Crippen molar-refractivity contribution < 1.29 is 16.8 Å². The molecule has 0 aliphatic carbocycles. The molecule has 8 heteroatoms. The van der Waals surface area contributed by atoms with Crippen LogP contribution in [0.5, 0.6) is 0 Å². The van der Waals surface area contributed by atoms with Crippen molar-refractivity contribution >= 4 is 20.0 Å². The smallest absolute Gasteiger partial charge is 0.225 e. The molecule has 0 bridgehead atoms. The predicted molar refractivity (Wildman–Crippen MR) is 58.7 cm³/mol. The highest BCUT2D eigenvalue weighted by atomic mass is 32.2. The molecular weight excluding hydrogens is 252 g/mol. The fourth-order valence-corrected chi connectivity index (χ4v) is 2.43. The summed E-state index contributed by atoms with van der Waals surface area (Å²) in [6, 6.07) is 4.72. The van der Waals surface area contributed by atoms with Gasteiger partial charge >= 0.3 is 0 Å². The van der Waals surface area contributed by atoms with Crippen molar-refractivity contribution in [2.24, 2.45) is 5.14 Å². The number of hydrogen-bond donors (Lipinski definition) is 1. The average molecular weight is 264 g/mol. The summed E-state index contributed by atoms with van der Waals surface area (Å²) in [6.45, 7) is 0. The Hall–Kier alpha value is -0.960. The van der Waals surface area contributed by atoms with E-state index in [4.69, 9.17) is 5.14 Å². The highest BCUT2D eigenvalue weighted by molar-refractivity contribution is 7.89. The zero-order chi connectivity index (χ0) is 12.6. The van der Waals surface area contributed by atoms with E-state index in [1.54, 1.807) is 0 Å². The molecule has 0 aliphatic rings. The Kier molecular flexibility index (Phi) is 3.38. The van der Waals surface area contributed by atoms with Gasteiger partial charge in [0.15, 0.2) is 0 Å². The first kappa shape index (κ1) is 13.1. The molecule has 1 aromatic carbocycles. The predicted octanol–water partition coefficient (Wildman–Crippen LogP) is -0.416. The van der Waals surface area contributed by atoms with Crippen LogP contribution >= 0.6 is 0 Å². The number of primary sulfonamides is 1. The monoisotopic (exact) mass is 264 g/mol. The van der Waals surface area contributed by atoms with E-state index in [9.17, 15) is 16.8 Å². The number of benzene rings is 1. The normalized spacial score (nSPS) is 13.0. The zero-order valence-electron chi connectivity index (χ0n) is 8.78. The first-order chi connectivity index (χ1) is 7.15. The van der Waals surface area contributed by atoms with Gasteiger partial charge in [-0.1, -0.05) is 0 Å². The van der Waals surface area contributed by atoms with E-state index in [-0.39, 0.29) is 9.79 Å². The van der Waals surface area contributed by atoms with Gasteiger partial charge in [-0.15, -0.1) is 0 Å². The molecule has 1 aromatic rings. The van der Waals surface area contributed by atoms with Crippen LogP contribution in [-0.2, 0) is 20.0 Å². The summed E-state index contributed by atoms with van der Waals surface area (Å²) in [5.74, 6) is 0. The van der Waals surface area contributed by atoms with Crippen LogP contribution in [0.25, 0.3) is 0 Å². The molecule has 0 fully saturated rings. The minimum absolute atomic E-state index is 0.0184. The van der Waals surface area contributed by atoms with Crippen molar-refractivity contribution in [3.05, 3.63) is 24.3 Å². The van der Waals surface area contributed by atoms with E-state index in [1.807, 2.05) is 0 Å². The molecule has 0 aliphatic heterocycles. The van der Waals surface area contributed by atoms with E-state index in [2.05, 4.69) is 0 Å². The molecular formula is C8H12N2O4S2. The second-order valence-electron chi connectivity index (χ2n) is 3.30. The summed E-state index contributed by atoms with van der Waals surface area (Å²) in [5, 5.41) is 4.89. The van der Waals surface area contributed by atoms with E-state index in [0.29, 0.717) is 0 Å². The lowest BCUT2D eigenvalue weighted by Crippen LogP contribution is -2.22. The lowest BCUT2D eigenvalue weighted by molar-refractivity contribution is 0.520. The van der Waals surface area contributed by atoms with Gasteiger partial charge in [0, 0.05) is 14.1 Å². The standard InChI is InChI=1S/C8H12N2O4S2/c1-10(2)16(13,14)8-5-3-7(4-6-8)15(9,11)12/h3-6H,1-2H3,(H2,9,11,12). The summed E-state index contributed by atoms with van der Waals surface area (Å²) in [7, 11) is -4.55. The van der Waals surface area contributed by atoms with Crippen LogP contribution in [0.2, 0.25) is 0 Å². The minimum Gasteiger partial charge on any atom is -0.225 e. The summed E-state index contributed by atoms with van der Waals surface area (Å²) in [6.07, 6.45) is 0. The Labute approximate surface area is 94.8 Å². The molecule has 0 radical (unpaired) electrons. The maximum Gasteiger partial charge on any atom is 0.242 e. The van der Waals surface area contributed by atoms with E-state index in [0.717, 1.165) is 16.4 Å². The Bertz CT molecular complexity index is 573. The van der Waals surface area contributed by atoms with Gasteiger partial charge in [0.2, 0.25) is 20.0 Å². The van der Waals surface area contributed by atoms with Gasteiger partial charge in [0.1, 0.15) is 0 Å². The molecule has 1 rings (SSSR count). The number of nitrogens with two attached hydrogens (primary N) is 1. The second-order valence-corrected chi connectivity index (χ2v) is 7.02. The number of sulfonamides is 2. The largest absolute Gasteiger partial charge is 0.242 e. The maximum atomic E-state index is 11.6. The van der Waals surface area contributed by atoms with Crippen molar-refractivity contribution in [2.75, 3.05) is 14.1 Å². The average Bonchev–Trinajstić information content (AvgIpc) is 2.16. The molecule has 90 valence electrons. The van der Waals surface area contributed by atoms with Gasteiger partial charge in [-0.25, -0.2) is 26.3 Å². The summed E-state index contributed by atoms with van der Waals surface area (Å²) in [4.78, 5) is -0.102. The highest BCUT2D eigenvalue weighted by Gasteiger charge is 2.17. The van der Waals surface area contributed by atoms with Crippen LogP contribution in [0.3, 0.4) is 0 Å². The fourth-order valence-electron chi connectivity index (χ4n) is 1.01. The Morgan fingerprint density at radius 1 is 0.938 bits per heavy atom. The van der Waals surface area contributed by atoms with Crippen LogP contribution in [0.15, 0.2) is 34.1 Å². The van der Waals surface area contributed by atoms with Crippen LogP contribution in [0.1, 0.15) is 0 Å². The molecule has 0 aromatic heterocycles. The van der Waals surface area contributed by atoms with Gasteiger partial charge in [-0.05, 0) is 24.3 Å². The lowest BCUT2D eigenvalue weighted by atomic mass is 10.4. The molecule has 0 heterocycles. The van der Waals surface area contributed by atoms with Gasteiger partial charge in [-0.3, -0.25) is 0 Å². The van der Waals surface area contributed by atoms with Crippen molar-refractivity contribution in [3.8, 4) is 0 Å². The Balaban J connectivity index is 3.25. The SMILES string of the molecule is CN(C)S(=O)(=O)c1ccc(S(N)(=O)=O)cc1. The topological polar surface area (TPSA) is 97.5 Å². The van der Waals surface area contributed by atoms with Gasteiger partial charge < -0.3 is 0 Å². The first-order valence-electron chi connectivity index (χ1n) is 4.21. The Morgan fingerprint density at radius 2 is 1.31 bits per heavy atom. The fraction of sp³-hybridized carbons (Fsp3) is 0.250. The second kappa shape index (κ2) is 4.13. The highest BCUT2D eigenvalue weighted by Crippen LogP contribution is 2.15. The molecule has 2 N–H and O–H groups in total. The Morgan fingerprint density at radius 3 is 1.62 bits per heavy atom. The summed E-state index contributed by atoms with van der Waals surface area (Å²) < 4.78 is 46.2. The molecule has 0 unspecified atom stereocenters. The molecule has 16 heavy (non-hydrogen) atoms. The van der Waals surface area contributed by atoms with Crippen molar-refractivity contribution in [3.63, 3.8) is 0 Å². The third-order valence-corrected chi connectivity index (χ3v) is 4.69. The van der Waals surface area contributed by atoms with Crippen molar-refractivity contribution in [1.29, 1.82) is 0 Å². The van der Waals surface area contributed by atoms with Crippen molar-refractivity contribution in [2.45, 2.75) is 9.79 Å². The van der Waals surface area contributed by atoms with Crippen LogP contribution < -0.4 is 5.14 Å². The quantitative estimate of drug-likeness (QED) is 0.802. The summed E-state index contributed by atoms with van der Waals surface area (Å²) in [5.41, 5.74) is 0. The van der Waals surface area contributed by atoms with Gasteiger partial charge in [0.05, 0.1) is 9.79 Å². The number of rotatable bonds is 3. The van der Waals surface area contributed by atoms with Crippen LogP contribution in [-0.4, -0.2) is 35.2 Å². The first-order valence-corrected chi connectivity index (χ1v) is 7.20. The minimum atomic E-state index is -3.79. The zero-order valence-corrected chi connectivity index (χ0v) is 10.4. The van der Waals surface area contributed by atoms with E-state index >= 15 is 0 Å². The van der Waals surface area contributed by atoms with E-state index in [1.165, 1.54) is 26.2 Å². The van der Waals surface area contributed by atoms with Gasteiger partial charge in [-0.2, -0.15) is 0 Å². The molecule has 6 nitrogen and oxygen atoms in total. The molecule has 0 saturated heterocycles. The van der Waals surface area contributed by atoms with Crippen LogP contribution in [0, 0.1) is 0 Å². The molecule has 0 saturated carbocycles. The third kappa shape index (κ3) is 2.59.